The lowest BCUT2D eigenvalue weighted by Crippen LogP contribution is -2.30. The molecular formula is C22H23FN6O2. The number of carbonyl (C=O) groups excluding carboxylic acids is 2. The highest BCUT2D eigenvalue weighted by Gasteiger charge is 2.18. The van der Waals surface area contributed by atoms with Crippen LogP contribution in [0.4, 0.5) is 22.0 Å². The summed E-state index contributed by atoms with van der Waals surface area (Å²) in [7, 11) is 0. The first-order chi connectivity index (χ1) is 15.0. The predicted molar refractivity (Wildman–Crippen MR) is 116 cm³/mol. The average Bonchev–Trinajstić information content (AvgIpc) is 3.24. The Morgan fingerprint density at radius 1 is 1.03 bits per heavy atom. The molecule has 1 aliphatic heterocycles. The van der Waals surface area contributed by atoms with Gasteiger partial charge in [-0.1, -0.05) is 18.2 Å². The number of hydrogen-bond acceptors (Lipinski definition) is 5. The molecule has 3 aromatic rings. The third kappa shape index (κ3) is 4.71. The quantitative estimate of drug-likeness (QED) is 0.581. The number of benzene rings is 2. The van der Waals surface area contributed by atoms with Crippen molar-refractivity contribution in [1.82, 2.24) is 15.2 Å². The van der Waals surface area contributed by atoms with E-state index in [0.717, 1.165) is 31.5 Å². The van der Waals surface area contributed by atoms with E-state index < -0.39 is 17.6 Å². The normalized spacial score (nSPS) is 13.7. The van der Waals surface area contributed by atoms with Gasteiger partial charge in [0.2, 0.25) is 11.9 Å². The van der Waals surface area contributed by atoms with Crippen LogP contribution >= 0.6 is 0 Å². The van der Waals surface area contributed by atoms with E-state index in [1.54, 1.807) is 31.2 Å². The van der Waals surface area contributed by atoms with Gasteiger partial charge in [0.05, 0.1) is 5.56 Å². The van der Waals surface area contributed by atoms with Crippen molar-refractivity contribution in [2.24, 2.45) is 0 Å². The fourth-order valence-corrected chi connectivity index (χ4v) is 3.46. The molecule has 1 saturated heterocycles. The first-order valence-electron chi connectivity index (χ1n) is 10.2. The summed E-state index contributed by atoms with van der Waals surface area (Å²) in [5, 5.41) is 12.3. The van der Waals surface area contributed by atoms with Gasteiger partial charge in [0.1, 0.15) is 5.82 Å². The van der Waals surface area contributed by atoms with E-state index in [9.17, 15) is 14.0 Å². The lowest BCUT2D eigenvalue weighted by atomic mass is 10.1. The highest BCUT2D eigenvalue weighted by molar-refractivity contribution is 6.07. The number of hydrogen-bond donors (Lipinski definition) is 3. The summed E-state index contributed by atoms with van der Waals surface area (Å²) in [5.41, 5.74) is 1.43. The number of nitrogens with one attached hydrogen (secondary N) is 3. The number of anilines is 3. The Kier molecular flexibility index (Phi) is 5.92. The van der Waals surface area contributed by atoms with Gasteiger partial charge in [-0.3, -0.25) is 14.9 Å². The maximum absolute atomic E-state index is 13.9. The van der Waals surface area contributed by atoms with E-state index in [1.165, 1.54) is 24.6 Å². The molecule has 0 bridgehead atoms. The van der Waals surface area contributed by atoms with Crippen LogP contribution in [0.2, 0.25) is 0 Å². The maximum Gasteiger partial charge on any atom is 0.258 e. The van der Waals surface area contributed by atoms with Crippen molar-refractivity contribution in [1.29, 1.82) is 0 Å². The number of amides is 2. The first-order valence-corrected chi connectivity index (χ1v) is 10.2. The number of piperidine rings is 1. The number of carbonyl (C=O) groups is 2. The van der Waals surface area contributed by atoms with E-state index in [2.05, 4.69) is 30.7 Å². The number of halogens is 1. The van der Waals surface area contributed by atoms with Crippen LogP contribution in [-0.2, 0) is 0 Å². The summed E-state index contributed by atoms with van der Waals surface area (Å²) >= 11 is 0. The van der Waals surface area contributed by atoms with Gasteiger partial charge >= 0.3 is 0 Å². The second-order valence-corrected chi connectivity index (χ2v) is 7.45. The second-order valence-electron chi connectivity index (χ2n) is 7.45. The van der Waals surface area contributed by atoms with Crippen molar-refractivity contribution in [3.63, 3.8) is 0 Å². The minimum absolute atomic E-state index is 0.0661. The Morgan fingerprint density at radius 2 is 1.81 bits per heavy atom. The predicted octanol–water partition coefficient (Wildman–Crippen LogP) is 3.75. The van der Waals surface area contributed by atoms with Crippen LogP contribution in [0.1, 0.15) is 45.5 Å². The van der Waals surface area contributed by atoms with Gasteiger partial charge in [-0.05, 0) is 56.0 Å². The van der Waals surface area contributed by atoms with Crippen LogP contribution < -0.4 is 15.5 Å². The Balaban J connectivity index is 1.46. The highest BCUT2D eigenvalue weighted by atomic mass is 19.1. The van der Waals surface area contributed by atoms with E-state index in [-0.39, 0.29) is 11.5 Å². The molecule has 0 saturated carbocycles. The average molecular weight is 422 g/mol. The van der Waals surface area contributed by atoms with Gasteiger partial charge < -0.3 is 10.2 Å². The molecular weight excluding hydrogens is 399 g/mol. The summed E-state index contributed by atoms with van der Waals surface area (Å²) in [6.07, 6.45) is 3.40. The topological polar surface area (TPSA) is 103 Å². The fraction of sp³-hybridized carbons (Fsp3) is 0.273. The molecule has 1 aliphatic rings. The lowest BCUT2D eigenvalue weighted by molar-refractivity contribution is 0.101. The Bertz CT molecular complexity index is 1110. The summed E-state index contributed by atoms with van der Waals surface area (Å²) in [5.74, 6) is -0.774. The SMILES string of the molecule is Cc1ccc(C(=O)Nc2nc(N3CCCCC3)n[nH]2)cc1NC(=O)c1ccccc1F. The monoisotopic (exact) mass is 422 g/mol. The molecule has 0 atom stereocenters. The molecule has 2 amide bonds. The van der Waals surface area contributed by atoms with E-state index in [4.69, 9.17) is 0 Å². The molecule has 0 aliphatic carbocycles. The molecule has 1 fully saturated rings. The molecule has 1 aromatic heterocycles. The fourth-order valence-electron chi connectivity index (χ4n) is 3.46. The second kappa shape index (κ2) is 8.95. The van der Waals surface area contributed by atoms with Crippen LogP contribution in [0, 0.1) is 12.7 Å². The van der Waals surface area contributed by atoms with Gasteiger partial charge in [-0.2, -0.15) is 4.98 Å². The Morgan fingerprint density at radius 3 is 2.58 bits per heavy atom. The van der Waals surface area contributed by atoms with Gasteiger partial charge in [0, 0.05) is 24.3 Å². The molecule has 8 nitrogen and oxygen atoms in total. The smallest absolute Gasteiger partial charge is 0.258 e. The molecule has 4 rings (SSSR count). The highest BCUT2D eigenvalue weighted by Crippen LogP contribution is 2.20. The van der Waals surface area contributed by atoms with E-state index in [0.29, 0.717) is 17.2 Å². The molecule has 0 spiro atoms. The summed E-state index contributed by atoms with van der Waals surface area (Å²) in [4.78, 5) is 31.6. The van der Waals surface area contributed by atoms with Crippen LogP contribution in [0.15, 0.2) is 42.5 Å². The van der Waals surface area contributed by atoms with Gasteiger partial charge in [-0.25, -0.2) is 9.49 Å². The third-order valence-electron chi connectivity index (χ3n) is 5.21. The van der Waals surface area contributed by atoms with Gasteiger partial charge in [0.25, 0.3) is 11.8 Å². The minimum Gasteiger partial charge on any atom is -0.340 e. The third-order valence-corrected chi connectivity index (χ3v) is 5.21. The Hall–Kier alpha value is -3.75. The van der Waals surface area contributed by atoms with Crippen molar-refractivity contribution in [3.05, 3.63) is 65.0 Å². The first kappa shape index (κ1) is 20.5. The zero-order chi connectivity index (χ0) is 21.8. The standard InChI is InChI=1S/C22H23FN6O2/c1-14-9-10-15(13-18(14)24-20(31)16-7-3-4-8-17(16)23)19(30)25-21-26-22(28-27-21)29-11-5-2-6-12-29/h3-4,7-10,13H,2,5-6,11-12H2,1H3,(H,24,31)(H2,25,26,27,28,30). The van der Waals surface area contributed by atoms with Crippen molar-refractivity contribution < 1.29 is 14.0 Å². The number of H-pyrrole nitrogens is 1. The maximum atomic E-state index is 13.9. The number of rotatable bonds is 5. The summed E-state index contributed by atoms with van der Waals surface area (Å²) in [6, 6.07) is 10.6. The molecule has 3 N–H and O–H groups in total. The van der Waals surface area contributed by atoms with Crippen LogP contribution in [-0.4, -0.2) is 40.1 Å². The zero-order valence-corrected chi connectivity index (χ0v) is 17.1. The molecule has 0 radical (unpaired) electrons. The van der Waals surface area contributed by atoms with E-state index in [1.807, 2.05) is 0 Å². The number of aryl methyl sites for hydroxylation is 1. The largest absolute Gasteiger partial charge is 0.340 e. The number of aromatic amines is 1. The van der Waals surface area contributed by atoms with Crippen molar-refractivity contribution in [2.75, 3.05) is 28.6 Å². The van der Waals surface area contributed by atoms with Crippen LogP contribution in [0.5, 0.6) is 0 Å². The van der Waals surface area contributed by atoms with Gasteiger partial charge in [-0.15, -0.1) is 5.10 Å². The molecule has 2 heterocycles. The molecule has 0 unspecified atom stereocenters. The number of nitrogens with zero attached hydrogens (tertiary/aromatic N) is 3. The lowest BCUT2D eigenvalue weighted by Gasteiger charge is -2.24. The van der Waals surface area contributed by atoms with Crippen molar-refractivity contribution in [3.8, 4) is 0 Å². The molecule has 160 valence electrons. The van der Waals surface area contributed by atoms with E-state index >= 15 is 0 Å². The molecule has 9 heteroatoms. The molecule has 31 heavy (non-hydrogen) atoms. The number of aromatic nitrogens is 3. The minimum atomic E-state index is -0.610. The van der Waals surface area contributed by atoms with Crippen molar-refractivity contribution in [2.45, 2.75) is 26.2 Å². The summed E-state index contributed by atoms with van der Waals surface area (Å²) in [6.45, 7) is 3.59. The Labute approximate surface area is 178 Å². The van der Waals surface area contributed by atoms with Crippen LogP contribution in [0.25, 0.3) is 0 Å². The summed E-state index contributed by atoms with van der Waals surface area (Å²) < 4.78 is 13.9. The zero-order valence-electron chi connectivity index (χ0n) is 17.1. The molecule has 2 aromatic carbocycles. The van der Waals surface area contributed by atoms with Gasteiger partial charge in [0.15, 0.2) is 0 Å². The van der Waals surface area contributed by atoms with Crippen LogP contribution in [0.3, 0.4) is 0 Å². The van der Waals surface area contributed by atoms with Crippen molar-refractivity contribution >= 4 is 29.4 Å².